The van der Waals surface area contributed by atoms with E-state index in [0.29, 0.717) is 6.42 Å². The number of benzene rings is 1. The lowest BCUT2D eigenvalue weighted by atomic mass is 10.1. The molecule has 2 rings (SSSR count). The van der Waals surface area contributed by atoms with Crippen LogP contribution in [0.5, 0.6) is 0 Å². The molecule has 0 spiro atoms. The fourth-order valence-corrected chi connectivity index (χ4v) is 2.05. The van der Waals surface area contributed by atoms with Crippen molar-refractivity contribution in [2.45, 2.75) is 31.8 Å². The Morgan fingerprint density at radius 3 is 2.94 bits per heavy atom. The molecule has 0 fully saturated rings. The van der Waals surface area contributed by atoms with Crippen LogP contribution in [-0.2, 0) is 16.0 Å². The third kappa shape index (κ3) is 2.68. The third-order valence-corrected chi connectivity index (χ3v) is 3.17. The van der Waals surface area contributed by atoms with E-state index in [4.69, 9.17) is 5.73 Å². The highest BCUT2D eigenvalue weighted by molar-refractivity contribution is 5.96. The highest BCUT2D eigenvalue weighted by Crippen LogP contribution is 2.21. The van der Waals surface area contributed by atoms with Crippen LogP contribution in [0.25, 0.3) is 0 Å². The van der Waals surface area contributed by atoms with Gasteiger partial charge < -0.3 is 11.1 Å². The van der Waals surface area contributed by atoms with Crippen LogP contribution in [-0.4, -0.2) is 23.9 Å². The van der Waals surface area contributed by atoms with E-state index in [1.165, 1.54) is 0 Å². The Hall–Kier alpha value is -1.88. The Morgan fingerprint density at radius 1 is 1.50 bits per heavy atom. The highest BCUT2D eigenvalue weighted by atomic mass is 16.2. The Balaban J connectivity index is 2.10. The molecule has 5 heteroatoms. The summed E-state index contributed by atoms with van der Waals surface area (Å²) in [4.78, 5) is 23.0. The van der Waals surface area contributed by atoms with Crippen molar-refractivity contribution < 1.29 is 9.59 Å². The molecule has 1 heterocycles. The number of hydrogen-bond acceptors (Lipinski definition) is 3. The van der Waals surface area contributed by atoms with Gasteiger partial charge in [0.25, 0.3) is 0 Å². The number of amides is 2. The molecule has 1 aromatic rings. The number of fused-ring (bicyclic) bond motifs is 1. The van der Waals surface area contributed by atoms with Crippen molar-refractivity contribution in [3.63, 3.8) is 0 Å². The molecular weight excluding hydrogens is 230 g/mol. The smallest absolute Gasteiger partial charge is 0.241 e. The van der Waals surface area contributed by atoms with Crippen LogP contribution in [0.4, 0.5) is 5.69 Å². The zero-order valence-corrected chi connectivity index (χ0v) is 10.3. The number of anilines is 1. The first-order chi connectivity index (χ1) is 8.58. The summed E-state index contributed by atoms with van der Waals surface area (Å²) < 4.78 is 0. The van der Waals surface area contributed by atoms with Crippen LogP contribution in [0.1, 0.15) is 18.9 Å². The minimum atomic E-state index is -0.512. The van der Waals surface area contributed by atoms with Crippen molar-refractivity contribution in [3.05, 3.63) is 29.8 Å². The normalized spacial score (nSPS) is 20.5. The monoisotopic (exact) mass is 247 g/mol. The van der Waals surface area contributed by atoms with Crippen LogP contribution in [0.15, 0.2) is 24.3 Å². The quantitative estimate of drug-likeness (QED) is 0.723. The first kappa shape index (κ1) is 12.6. The molecule has 18 heavy (non-hydrogen) atoms. The van der Waals surface area contributed by atoms with Crippen LogP contribution in [0.3, 0.4) is 0 Å². The molecule has 5 nitrogen and oxygen atoms in total. The molecule has 2 unspecified atom stereocenters. The number of carbonyl (C=O) groups is 2. The summed E-state index contributed by atoms with van der Waals surface area (Å²) >= 11 is 0. The SMILES string of the molecule is CC(NC1CCc2ccccc2NC1=O)C(N)=O. The van der Waals surface area contributed by atoms with Gasteiger partial charge in [-0.05, 0) is 31.4 Å². The van der Waals surface area contributed by atoms with Crippen molar-refractivity contribution in [2.75, 3.05) is 5.32 Å². The molecule has 0 bridgehead atoms. The minimum Gasteiger partial charge on any atom is -0.368 e. The van der Waals surface area contributed by atoms with Crippen LogP contribution >= 0.6 is 0 Å². The Morgan fingerprint density at radius 2 is 2.22 bits per heavy atom. The van der Waals surface area contributed by atoms with E-state index in [1.807, 2.05) is 24.3 Å². The van der Waals surface area contributed by atoms with E-state index >= 15 is 0 Å². The number of rotatable bonds is 3. The van der Waals surface area contributed by atoms with E-state index in [9.17, 15) is 9.59 Å². The second-order valence-electron chi connectivity index (χ2n) is 4.53. The maximum Gasteiger partial charge on any atom is 0.241 e. The molecular formula is C13H17N3O2. The lowest BCUT2D eigenvalue weighted by molar-refractivity contribution is -0.121. The summed E-state index contributed by atoms with van der Waals surface area (Å²) in [6.45, 7) is 1.66. The van der Waals surface area contributed by atoms with Gasteiger partial charge >= 0.3 is 0 Å². The van der Waals surface area contributed by atoms with Crippen molar-refractivity contribution in [1.82, 2.24) is 5.32 Å². The van der Waals surface area contributed by atoms with Crippen molar-refractivity contribution in [1.29, 1.82) is 0 Å². The molecule has 0 radical (unpaired) electrons. The molecule has 4 N–H and O–H groups in total. The summed E-state index contributed by atoms with van der Waals surface area (Å²) in [6.07, 6.45) is 1.44. The zero-order valence-electron chi connectivity index (χ0n) is 10.3. The zero-order chi connectivity index (χ0) is 13.1. The molecule has 0 aromatic heterocycles. The minimum absolute atomic E-state index is 0.118. The van der Waals surface area contributed by atoms with Crippen LogP contribution in [0.2, 0.25) is 0 Å². The van der Waals surface area contributed by atoms with Crippen molar-refractivity contribution in [2.24, 2.45) is 5.73 Å². The number of primary amides is 1. The van der Waals surface area contributed by atoms with Gasteiger partial charge in [-0.15, -0.1) is 0 Å². The summed E-state index contributed by atoms with van der Waals surface area (Å²) in [5.74, 6) is -0.572. The number of carbonyl (C=O) groups excluding carboxylic acids is 2. The lowest BCUT2D eigenvalue weighted by Crippen LogP contribution is -2.49. The molecule has 0 saturated heterocycles. The topological polar surface area (TPSA) is 84.2 Å². The number of hydrogen-bond donors (Lipinski definition) is 3. The summed E-state index contributed by atoms with van der Waals surface area (Å²) in [5.41, 5.74) is 7.15. The van der Waals surface area contributed by atoms with Gasteiger partial charge in [-0.25, -0.2) is 0 Å². The second-order valence-corrected chi connectivity index (χ2v) is 4.53. The fourth-order valence-electron chi connectivity index (χ4n) is 2.05. The Labute approximate surface area is 106 Å². The van der Waals surface area contributed by atoms with Gasteiger partial charge in [0, 0.05) is 5.69 Å². The standard InChI is InChI=1S/C13H17N3O2/c1-8(12(14)17)15-11-7-6-9-4-2-3-5-10(9)16-13(11)18/h2-5,8,11,15H,6-7H2,1H3,(H2,14,17)(H,16,18). The molecule has 0 saturated carbocycles. The predicted molar refractivity (Wildman–Crippen MR) is 69.0 cm³/mol. The molecule has 1 aromatic carbocycles. The summed E-state index contributed by atoms with van der Waals surface area (Å²) in [7, 11) is 0. The summed E-state index contributed by atoms with van der Waals surface area (Å²) in [6, 6.07) is 6.81. The predicted octanol–water partition coefficient (Wildman–Crippen LogP) is 0.403. The van der Waals surface area contributed by atoms with Gasteiger partial charge in [-0.1, -0.05) is 18.2 Å². The number of nitrogens with one attached hydrogen (secondary N) is 2. The molecule has 2 amide bonds. The maximum atomic E-state index is 12.0. The third-order valence-electron chi connectivity index (χ3n) is 3.17. The van der Waals surface area contributed by atoms with Gasteiger partial charge in [-0.2, -0.15) is 0 Å². The van der Waals surface area contributed by atoms with E-state index in [1.54, 1.807) is 6.92 Å². The number of para-hydroxylation sites is 1. The number of aryl methyl sites for hydroxylation is 1. The van der Waals surface area contributed by atoms with Gasteiger partial charge in [-0.3, -0.25) is 14.9 Å². The Kier molecular flexibility index (Phi) is 3.62. The molecule has 96 valence electrons. The van der Waals surface area contributed by atoms with Gasteiger partial charge in [0.1, 0.15) is 0 Å². The Bertz CT molecular complexity index is 473. The van der Waals surface area contributed by atoms with E-state index in [0.717, 1.165) is 17.7 Å². The second kappa shape index (κ2) is 5.18. The summed E-state index contributed by atoms with van der Waals surface area (Å²) in [5, 5.41) is 5.82. The van der Waals surface area contributed by atoms with E-state index < -0.39 is 11.9 Å². The first-order valence-corrected chi connectivity index (χ1v) is 6.02. The first-order valence-electron chi connectivity index (χ1n) is 6.02. The lowest BCUT2D eigenvalue weighted by Gasteiger charge is -2.18. The average molecular weight is 247 g/mol. The maximum absolute atomic E-state index is 12.0. The van der Waals surface area contributed by atoms with E-state index in [2.05, 4.69) is 10.6 Å². The molecule has 2 atom stereocenters. The molecule has 1 aliphatic rings. The molecule has 1 aliphatic heterocycles. The van der Waals surface area contributed by atoms with Crippen molar-refractivity contribution >= 4 is 17.5 Å². The average Bonchev–Trinajstić information content (AvgIpc) is 2.49. The highest BCUT2D eigenvalue weighted by Gasteiger charge is 2.25. The van der Waals surface area contributed by atoms with E-state index in [-0.39, 0.29) is 11.9 Å². The van der Waals surface area contributed by atoms with Crippen LogP contribution in [0, 0.1) is 0 Å². The number of nitrogens with two attached hydrogens (primary N) is 1. The van der Waals surface area contributed by atoms with Gasteiger partial charge in [0.05, 0.1) is 12.1 Å². The van der Waals surface area contributed by atoms with Gasteiger partial charge in [0.2, 0.25) is 11.8 Å². The van der Waals surface area contributed by atoms with Crippen molar-refractivity contribution in [3.8, 4) is 0 Å². The van der Waals surface area contributed by atoms with Gasteiger partial charge in [0.15, 0.2) is 0 Å². The largest absolute Gasteiger partial charge is 0.368 e. The van der Waals surface area contributed by atoms with Crippen LogP contribution < -0.4 is 16.4 Å². The fraction of sp³-hybridized carbons (Fsp3) is 0.385. The molecule has 0 aliphatic carbocycles.